The van der Waals surface area contributed by atoms with Gasteiger partial charge in [-0.2, -0.15) is 0 Å². The number of nitrogens with zero attached hydrogens (tertiary/aromatic N) is 2. The lowest BCUT2D eigenvalue weighted by molar-refractivity contribution is 0.271. The van der Waals surface area contributed by atoms with Gasteiger partial charge in [0.15, 0.2) is 0 Å². The summed E-state index contributed by atoms with van der Waals surface area (Å²) in [6.45, 7) is 28.4. The standard InChI is InChI=1S/C26H34N2.C8H18.C6H14.C2H6/c1-5-23-24-16-11-18(2)17-25(24)20(4)28(22-9-7-6-8-10-22)26(23)27-19(3)12-13-21-14-15-21;1-4-6-8(3)7-5-2;1-3-5-6-4-2;1-2/h5,11,16-17,21-22H,1,4,6-10,12-15H2,2-3H3;8H,4-7H2,1-3H3;3-6H2,1-2H3;1-2H3/b27-19+;;;. The quantitative estimate of drug-likeness (QED) is 0.161. The molecule has 1 aromatic rings. The van der Waals surface area contributed by atoms with Gasteiger partial charge in [-0.1, -0.05) is 169 Å². The number of allylic oxidation sites excluding steroid dienone is 2. The van der Waals surface area contributed by atoms with Crippen LogP contribution in [0, 0.1) is 18.8 Å². The van der Waals surface area contributed by atoms with Crippen molar-refractivity contribution >= 4 is 17.0 Å². The van der Waals surface area contributed by atoms with Gasteiger partial charge in [-0.25, -0.2) is 4.99 Å². The highest BCUT2D eigenvalue weighted by Gasteiger charge is 2.32. The molecular weight excluding hydrogens is 532 g/mol. The van der Waals surface area contributed by atoms with Crippen molar-refractivity contribution in [3.63, 3.8) is 0 Å². The fraction of sp³-hybridized carbons (Fsp3) is 0.690. The zero-order valence-electron chi connectivity index (χ0n) is 30.9. The van der Waals surface area contributed by atoms with E-state index in [1.165, 1.54) is 131 Å². The summed E-state index contributed by atoms with van der Waals surface area (Å²) >= 11 is 0. The molecule has 1 aliphatic heterocycles. The number of hydrogen-bond acceptors (Lipinski definition) is 2. The number of rotatable bonds is 13. The Labute approximate surface area is 275 Å². The predicted molar refractivity (Wildman–Crippen MR) is 201 cm³/mol. The van der Waals surface area contributed by atoms with E-state index in [-0.39, 0.29) is 0 Å². The van der Waals surface area contributed by atoms with Crippen LogP contribution in [-0.4, -0.2) is 16.7 Å². The fourth-order valence-corrected chi connectivity index (χ4v) is 6.37. The lowest BCUT2D eigenvalue weighted by atomic mass is 9.87. The minimum Gasteiger partial charge on any atom is -0.323 e. The molecule has 0 saturated heterocycles. The summed E-state index contributed by atoms with van der Waals surface area (Å²) < 4.78 is 0. The van der Waals surface area contributed by atoms with Gasteiger partial charge in [0.25, 0.3) is 0 Å². The molecule has 0 aromatic heterocycles. The molecule has 2 nitrogen and oxygen atoms in total. The van der Waals surface area contributed by atoms with Crippen molar-refractivity contribution in [3.05, 3.63) is 59.9 Å². The van der Waals surface area contributed by atoms with E-state index in [2.05, 4.69) is 84.7 Å². The van der Waals surface area contributed by atoms with E-state index >= 15 is 0 Å². The summed E-state index contributed by atoms with van der Waals surface area (Å²) in [5.41, 5.74) is 7.27. The molecule has 44 heavy (non-hydrogen) atoms. The van der Waals surface area contributed by atoms with Crippen LogP contribution in [0.4, 0.5) is 0 Å². The van der Waals surface area contributed by atoms with Gasteiger partial charge >= 0.3 is 0 Å². The summed E-state index contributed by atoms with van der Waals surface area (Å²) in [6.07, 6.45) is 24.7. The Morgan fingerprint density at radius 3 is 2.00 bits per heavy atom. The summed E-state index contributed by atoms with van der Waals surface area (Å²) in [5.74, 6) is 2.99. The van der Waals surface area contributed by atoms with E-state index < -0.39 is 0 Å². The molecule has 1 aromatic carbocycles. The molecular formula is C42H72N2. The minimum atomic E-state index is 0.500. The van der Waals surface area contributed by atoms with Crippen LogP contribution in [0.1, 0.15) is 181 Å². The third-order valence-corrected chi connectivity index (χ3v) is 9.11. The molecule has 0 radical (unpaired) electrons. The third kappa shape index (κ3) is 13.9. The molecule has 4 rings (SSSR count). The largest absolute Gasteiger partial charge is 0.323 e. The normalized spacial score (nSPS) is 16.7. The molecule has 2 saturated carbocycles. The first-order valence-electron chi connectivity index (χ1n) is 18.8. The highest BCUT2D eigenvalue weighted by atomic mass is 15.3. The van der Waals surface area contributed by atoms with Crippen LogP contribution < -0.4 is 0 Å². The van der Waals surface area contributed by atoms with Gasteiger partial charge in [0.05, 0.1) is 0 Å². The average Bonchev–Trinajstić information content (AvgIpc) is 3.87. The van der Waals surface area contributed by atoms with E-state index in [0.717, 1.165) is 29.8 Å². The van der Waals surface area contributed by atoms with E-state index in [1.807, 2.05) is 19.9 Å². The van der Waals surface area contributed by atoms with E-state index in [9.17, 15) is 0 Å². The Balaban J connectivity index is 0.000000503. The number of benzene rings is 1. The molecule has 0 atom stereocenters. The van der Waals surface area contributed by atoms with Crippen LogP contribution in [0.5, 0.6) is 0 Å². The van der Waals surface area contributed by atoms with Crippen LogP contribution in [-0.2, 0) is 0 Å². The molecule has 2 aliphatic carbocycles. The lowest BCUT2D eigenvalue weighted by Crippen LogP contribution is -2.37. The topological polar surface area (TPSA) is 15.6 Å². The molecule has 0 amide bonds. The second kappa shape index (κ2) is 23.3. The van der Waals surface area contributed by atoms with Gasteiger partial charge < -0.3 is 4.90 Å². The molecule has 0 unspecified atom stereocenters. The first-order chi connectivity index (χ1) is 21.3. The van der Waals surface area contributed by atoms with Gasteiger partial charge in [0.2, 0.25) is 0 Å². The highest BCUT2D eigenvalue weighted by Crippen LogP contribution is 2.43. The summed E-state index contributed by atoms with van der Waals surface area (Å²) in [6, 6.07) is 7.19. The van der Waals surface area contributed by atoms with Crippen LogP contribution in [0.2, 0.25) is 0 Å². The number of aliphatic imine (C=N–C) groups is 1. The molecule has 3 aliphatic rings. The maximum atomic E-state index is 5.21. The van der Waals surface area contributed by atoms with Crippen molar-refractivity contribution < 1.29 is 0 Å². The van der Waals surface area contributed by atoms with Crippen molar-refractivity contribution in [1.29, 1.82) is 0 Å². The van der Waals surface area contributed by atoms with Gasteiger partial charge in [-0.15, -0.1) is 0 Å². The molecule has 250 valence electrons. The Kier molecular flexibility index (Phi) is 21.1. The molecule has 1 heterocycles. The number of fused-ring (bicyclic) bond motifs is 1. The molecule has 0 spiro atoms. The Hall–Kier alpha value is -2.09. The van der Waals surface area contributed by atoms with Crippen LogP contribution in [0.15, 0.2) is 48.2 Å². The maximum Gasteiger partial charge on any atom is 0.141 e. The van der Waals surface area contributed by atoms with Crippen molar-refractivity contribution in [2.24, 2.45) is 16.8 Å². The van der Waals surface area contributed by atoms with Crippen molar-refractivity contribution in [1.82, 2.24) is 4.90 Å². The van der Waals surface area contributed by atoms with Gasteiger partial charge in [-0.3, -0.25) is 0 Å². The monoisotopic (exact) mass is 605 g/mol. The van der Waals surface area contributed by atoms with Crippen molar-refractivity contribution in [3.8, 4) is 0 Å². The van der Waals surface area contributed by atoms with Crippen molar-refractivity contribution in [2.45, 2.75) is 178 Å². The van der Waals surface area contributed by atoms with E-state index in [4.69, 9.17) is 4.99 Å². The number of unbranched alkanes of at least 4 members (excludes halogenated alkanes) is 3. The summed E-state index contributed by atoms with van der Waals surface area (Å²) in [7, 11) is 0. The van der Waals surface area contributed by atoms with Crippen molar-refractivity contribution in [2.75, 3.05) is 0 Å². The van der Waals surface area contributed by atoms with Crippen LogP contribution in [0.25, 0.3) is 11.3 Å². The summed E-state index contributed by atoms with van der Waals surface area (Å²) in [5, 5.41) is 0. The molecule has 2 fully saturated rings. The summed E-state index contributed by atoms with van der Waals surface area (Å²) in [4.78, 5) is 7.66. The van der Waals surface area contributed by atoms with Gasteiger partial charge in [0, 0.05) is 28.6 Å². The second-order valence-corrected chi connectivity index (χ2v) is 13.3. The van der Waals surface area contributed by atoms with Crippen LogP contribution in [0.3, 0.4) is 0 Å². The molecule has 2 heteroatoms. The zero-order valence-corrected chi connectivity index (χ0v) is 30.9. The smallest absolute Gasteiger partial charge is 0.141 e. The lowest BCUT2D eigenvalue weighted by Gasteiger charge is -2.41. The second-order valence-electron chi connectivity index (χ2n) is 13.3. The van der Waals surface area contributed by atoms with Crippen LogP contribution >= 0.6 is 0 Å². The first kappa shape index (κ1) is 39.9. The molecule has 0 bridgehead atoms. The maximum absolute atomic E-state index is 5.21. The third-order valence-electron chi connectivity index (χ3n) is 9.11. The minimum absolute atomic E-state index is 0.500. The average molecular weight is 605 g/mol. The Morgan fingerprint density at radius 2 is 1.50 bits per heavy atom. The SMILES string of the molecule is C=CC1=C(/N=C(\C)CCC2CC2)N(C2CCCCC2)C(=C)c2cc(C)ccc21.CC.CCCC(C)CCC.CCCCCC. The number of aryl methyl sites for hydroxylation is 1. The Bertz CT molecular complexity index is 993. The predicted octanol–water partition coefficient (Wildman–Crippen LogP) is 14.0. The fourth-order valence-electron chi connectivity index (χ4n) is 6.37. The van der Waals surface area contributed by atoms with Gasteiger partial charge in [0.1, 0.15) is 5.82 Å². The number of hydrogen-bond donors (Lipinski definition) is 0. The zero-order chi connectivity index (χ0) is 32.9. The highest BCUT2D eigenvalue weighted by molar-refractivity contribution is 5.92. The van der Waals surface area contributed by atoms with Gasteiger partial charge in [-0.05, 0) is 63.0 Å². The first-order valence-corrected chi connectivity index (χ1v) is 18.8. The Morgan fingerprint density at radius 1 is 0.909 bits per heavy atom. The molecule has 0 N–H and O–H groups in total. The van der Waals surface area contributed by atoms with E-state index in [1.54, 1.807) is 0 Å². The van der Waals surface area contributed by atoms with E-state index in [0.29, 0.717) is 6.04 Å².